The quantitative estimate of drug-likeness (QED) is 0.472. The molecule has 0 aliphatic rings. The summed E-state index contributed by atoms with van der Waals surface area (Å²) < 4.78 is 47.6. The standard InChI is InChI=1S/C18H16F3NO4/c1-2-25-17(24)16(23)9-14-7-8-15(10-22-14)26-11-12-3-5-13(6-4-12)18(19,20)21/h3-10,23H,2,11H2,1H3. The van der Waals surface area contributed by atoms with Gasteiger partial charge in [-0.3, -0.25) is 4.98 Å². The monoisotopic (exact) mass is 367 g/mol. The molecular formula is C18H16F3NO4. The molecule has 0 bridgehead atoms. The van der Waals surface area contributed by atoms with E-state index in [1.54, 1.807) is 13.0 Å². The zero-order chi connectivity index (χ0) is 19.2. The van der Waals surface area contributed by atoms with Crippen molar-refractivity contribution < 1.29 is 32.5 Å². The third-order valence-corrected chi connectivity index (χ3v) is 3.22. The lowest BCUT2D eigenvalue weighted by Gasteiger charge is -2.09. The van der Waals surface area contributed by atoms with Crippen LogP contribution >= 0.6 is 0 Å². The molecule has 0 aliphatic carbocycles. The Balaban J connectivity index is 1.95. The maximum Gasteiger partial charge on any atom is 0.416 e. The smallest absolute Gasteiger partial charge is 0.416 e. The van der Waals surface area contributed by atoms with E-state index in [-0.39, 0.29) is 13.2 Å². The Bertz CT molecular complexity index is 769. The first-order valence-electron chi connectivity index (χ1n) is 7.62. The predicted molar refractivity (Wildman–Crippen MR) is 87.3 cm³/mol. The molecule has 26 heavy (non-hydrogen) atoms. The van der Waals surface area contributed by atoms with Crippen LogP contribution in [0.5, 0.6) is 5.75 Å². The van der Waals surface area contributed by atoms with Crippen LogP contribution in [0.4, 0.5) is 13.2 Å². The summed E-state index contributed by atoms with van der Waals surface area (Å²) in [6, 6.07) is 7.72. The summed E-state index contributed by atoms with van der Waals surface area (Å²) in [4.78, 5) is 15.3. The van der Waals surface area contributed by atoms with Gasteiger partial charge >= 0.3 is 12.1 Å². The highest BCUT2D eigenvalue weighted by Crippen LogP contribution is 2.29. The van der Waals surface area contributed by atoms with Crippen LogP contribution in [0, 0.1) is 0 Å². The zero-order valence-electron chi connectivity index (χ0n) is 13.8. The average molecular weight is 367 g/mol. The van der Waals surface area contributed by atoms with Gasteiger partial charge in [0.15, 0.2) is 0 Å². The second-order valence-corrected chi connectivity index (χ2v) is 5.15. The van der Waals surface area contributed by atoms with E-state index in [2.05, 4.69) is 9.72 Å². The van der Waals surface area contributed by atoms with Gasteiger partial charge in [0, 0.05) is 6.08 Å². The van der Waals surface area contributed by atoms with Gasteiger partial charge in [0.1, 0.15) is 12.4 Å². The third-order valence-electron chi connectivity index (χ3n) is 3.22. The molecule has 5 nitrogen and oxygen atoms in total. The van der Waals surface area contributed by atoms with Gasteiger partial charge in [0.05, 0.1) is 24.1 Å². The molecular weight excluding hydrogens is 351 g/mol. The maximum absolute atomic E-state index is 12.5. The first kappa shape index (κ1) is 19.3. The van der Waals surface area contributed by atoms with Crippen molar-refractivity contribution in [2.45, 2.75) is 19.7 Å². The van der Waals surface area contributed by atoms with Crippen LogP contribution in [0.15, 0.2) is 48.4 Å². The minimum absolute atomic E-state index is 0.0725. The molecule has 0 spiro atoms. The van der Waals surface area contributed by atoms with Gasteiger partial charge in [-0.15, -0.1) is 0 Å². The molecule has 8 heteroatoms. The predicted octanol–water partition coefficient (Wildman–Crippen LogP) is 4.14. The van der Waals surface area contributed by atoms with Crippen molar-refractivity contribution in [2.75, 3.05) is 6.61 Å². The molecule has 0 aliphatic heterocycles. The number of hydrogen-bond donors (Lipinski definition) is 1. The largest absolute Gasteiger partial charge is 0.502 e. The lowest BCUT2D eigenvalue weighted by Crippen LogP contribution is -2.07. The molecule has 1 aromatic carbocycles. The van der Waals surface area contributed by atoms with E-state index < -0.39 is 23.5 Å². The van der Waals surface area contributed by atoms with E-state index in [0.717, 1.165) is 18.2 Å². The van der Waals surface area contributed by atoms with Crippen LogP contribution in [0.3, 0.4) is 0 Å². The van der Waals surface area contributed by atoms with Crippen molar-refractivity contribution in [1.82, 2.24) is 4.98 Å². The highest BCUT2D eigenvalue weighted by Gasteiger charge is 2.29. The van der Waals surface area contributed by atoms with E-state index in [4.69, 9.17) is 4.74 Å². The van der Waals surface area contributed by atoms with Crippen molar-refractivity contribution >= 4 is 12.0 Å². The number of hydrogen-bond acceptors (Lipinski definition) is 5. The Morgan fingerprint density at radius 2 is 1.88 bits per heavy atom. The fourth-order valence-corrected chi connectivity index (χ4v) is 1.92. The van der Waals surface area contributed by atoms with Crippen molar-refractivity contribution in [3.05, 3.63) is 65.2 Å². The van der Waals surface area contributed by atoms with Gasteiger partial charge < -0.3 is 14.6 Å². The Kier molecular flexibility index (Phi) is 6.21. The van der Waals surface area contributed by atoms with Gasteiger partial charge in [-0.05, 0) is 36.8 Å². The van der Waals surface area contributed by atoms with Gasteiger partial charge in [0.25, 0.3) is 0 Å². The van der Waals surface area contributed by atoms with Crippen LogP contribution in [0.2, 0.25) is 0 Å². The van der Waals surface area contributed by atoms with Gasteiger partial charge in [-0.25, -0.2) is 4.79 Å². The fourth-order valence-electron chi connectivity index (χ4n) is 1.92. The third kappa shape index (κ3) is 5.51. The Labute approximate surface area is 147 Å². The number of rotatable bonds is 6. The lowest BCUT2D eigenvalue weighted by atomic mass is 10.1. The van der Waals surface area contributed by atoms with E-state index in [1.807, 2.05) is 0 Å². The Hall–Kier alpha value is -3.03. The maximum atomic E-state index is 12.5. The van der Waals surface area contributed by atoms with Crippen LogP contribution in [0.1, 0.15) is 23.7 Å². The summed E-state index contributed by atoms with van der Waals surface area (Å²) in [5, 5.41) is 9.54. The van der Waals surface area contributed by atoms with Crippen molar-refractivity contribution in [1.29, 1.82) is 0 Å². The fraction of sp³-hybridized carbons (Fsp3) is 0.222. The minimum Gasteiger partial charge on any atom is -0.502 e. The van der Waals surface area contributed by atoms with E-state index in [9.17, 15) is 23.1 Å². The molecule has 2 rings (SSSR count). The SMILES string of the molecule is CCOC(=O)C(O)=Cc1ccc(OCc2ccc(C(F)(F)F)cc2)cn1. The highest BCUT2D eigenvalue weighted by atomic mass is 19.4. The van der Waals surface area contributed by atoms with Crippen molar-refractivity contribution in [3.8, 4) is 5.75 Å². The van der Waals surface area contributed by atoms with Crippen LogP contribution in [-0.4, -0.2) is 22.7 Å². The molecule has 1 N–H and O–H groups in total. The number of aliphatic hydroxyl groups excluding tert-OH is 1. The molecule has 0 radical (unpaired) electrons. The first-order valence-corrected chi connectivity index (χ1v) is 7.62. The molecule has 0 saturated carbocycles. The lowest BCUT2D eigenvalue weighted by molar-refractivity contribution is -0.141. The first-order chi connectivity index (χ1) is 12.3. The number of alkyl halides is 3. The second kappa shape index (κ2) is 8.37. The van der Waals surface area contributed by atoms with Crippen molar-refractivity contribution in [3.63, 3.8) is 0 Å². The van der Waals surface area contributed by atoms with Gasteiger partial charge in [0.2, 0.25) is 5.76 Å². The number of carbonyl (C=O) groups excluding carboxylic acids is 1. The number of esters is 1. The summed E-state index contributed by atoms with van der Waals surface area (Å²) in [7, 11) is 0. The van der Waals surface area contributed by atoms with Gasteiger partial charge in [-0.2, -0.15) is 13.2 Å². The highest BCUT2D eigenvalue weighted by molar-refractivity contribution is 5.90. The summed E-state index contributed by atoms with van der Waals surface area (Å²) in [6.07, 6.45) is -1.85. The van der Waals surface area contributed by atoms with E-state index in [1.165, 1.54) is 24.4 Å². The second-order valence-electron chi connectivity index (χ2n) is 5.15. The number of pyridine rings is 1. The molecule has 0 unspecified atom stereocenters. The number of nitrogens with zero attached hydrogens (tertiary/aromatic N) is 1. The molecule has 0 fully saturated rings. The van der Waals surface area contributed by atoms with E-state index in [0.29, 0.717) is 17.0 Å². The molecule has 1 heterocycles. The summed E-state index contributed by atoms with van der Waals surface area (Å²) in [5.74, 6) is -1.03. The van der Waals surface area contributed by atoms with Crippen LogP contribution in [0.25, 0.3) is 6.08 Å². The molecule has 1 aromatic heterocycles. The number of ether oxygens (including phenoxy) is 2. The molecule has 0 saturated heterocycles. The summed E-state index contributed by atoms with van der Waals surface area (Å²) in [5.41, 5.74) is 0.167. The number of carbonyl (C=O) groups is 1. The molecule has 2 aromatic rings. The molecule has 0 atom stereocenters. The number of halogens is 3. The molecule has 0 amide bonds. The number of benzene rings is 1. The summed E-state index contributed by atoms with van der Waals surface area (Å²) >= 11 is 0. The number of aromatic nitrogens is 1. The Morgan fingerprint density at radius 1 is 1.19 bits per heavy atom. The van der Waals surface area contributed by atoms with E-state index >= 15 is 0 Å². The van der Waals surface area contributed by atoms with Crippen LogP contribution in [-0.2, 0) is 22.3 Å². The van der Waals surface area contributed by atoms with Crippen molar-refractivity contribution in [2.24, 2.45) is 0 Å². The zero-order valence-corrected chi connectivity index (χ0v) is 13.8. The summed E-state index contributed by atoms with van der Waals surface area (Å²) in [6.45, 7) is 1.83. The Morgan fingerprint density at radius 3 is 2.42 bits per heavy atom. The topological polar surface area (TPSA) is 68.7 Å². The normalized spacial score (nSPS) is 11.9. The molecule has 138 valence electrons. The van der Waals surface area contributed by atoms with Crippen LogP contribution < -0.4 is 4.74 Å². The number of aliphatic hydroxyl groups is 1. The minimum atomic E-state index is -4.37. The van der Waals surface area contributed by atoms with Gasteiger partial charge in [-0.1, -0.05) is 12.1 Å². The average Bonchev–Trinajstić information content (AvgIpc) is 2.61.